The van der Waals surface area contributed by atoms with Gasteiger partial charge in [-0.1, -0.05) is 6.58 Å². The number of hydrogen-bond donors (Lipinski definition) is 2. The summed E-state index contributed by atoms with van der Waals surface area (Å²) in [7, 11) is 1.90. The number of likely N-dealkylation sites (tertiary alicyclic amines) is 1. The van der Waals surface area contributed by atoms with Gasteiger partial charge in [-0.05, 0) is 43.4 Å². The summed E-state index contributed by atoms with van der Waals surface area (Å²) in [6.45, 7) is 6.74. The molecule has 0 radical (unpaired) electrons. The smallest absolute Gasteiger partial charge is 0.271 e. The lowest BCUT2D eigenvalue weighted by Crippen LogP contribution is -2.48. The molecule has 2 aromatic rings. The van der Waals surface area contributed by atoms with Gasteiger partial charge in [0, 0.05) is 26.2 Å². The van der Waals surface area contributed by atoms with Gasteiger partial charge in [-0.2, -0.15) is 4.37 Å². The molecule has 0 saturated carbocycles. The summed E-state index contributed by atoms with van der Waals surface area (Å²) >= 11 is 1.26. The lowest BCUT2D eigenvalue weighted by atomic mass is 10.0. The van der Waals surface area contributed by atoms with Crippen LogP contribution in [0.5, 0.6) is 0 Å². The number of nitrogens with zero attached hydrogens (tertiary/aromatic N) is 5. The quantitative estimate of drug-likeness (QED) is 0.707. The van der Waals surface area contributed by atoms with Gasteiger partial charge in [-0.15, -0.1) is 0 Å². The molecule has 1 atom stereocenters. The first kappa shape index (κ1) is 19.7. The van der Waals surface area contributed by atoms with Crippen molar-refractivity contribution in [2.24, 2.45) is 5.73 Å². The zero-order valence-electron chi connectivity index (χ0n) is 15.9. The maximum absolute atomic E-state index is 11.9. The third kappa shape index (κ3) is 4.28. The molecule has 148 valence electrons. The number of nitrogens with one attached hydrogen (secondary N) is 1. The molecule has 3 N–H and O–H groups in total. The van der Waals surface area contributed by atoms with E-state index >= 15 is 0 Å². The lowest BCUT2D eigenvalue weighted by molar-refractivity contribution is -0.127. The van der Waals surface area contributed by atoms with Crippen LogP contribution in [0.2, 0.25) is 0 Å². The number of primary amides is 1. The number of anilines is 3. The Morgan fingerprint density at radius 2 is 2.29 bits per heavy atom. The van der Waals surface area contributed by atoms with Gasteiger partial charge in [0.2, 0.25) is 5.91 Å². The Morgan fingerprint density at radius 3 is 2.93 bits per heavy atom. The summed E-state index contributed by atoms with van der Waals surface area (Å²) < 4.78 is 4.21. The summed E-state index contributed by atoms with van der Waals surface area (Å²) in [5.41, 5.74) is 6.38. The van der Waals surface area contributed by atoms with Gasteiger partial charge in [-0.25, -0.2) is 9.97 Å². The molecule has 0 aliphatic carbocycles. The topological polar surface area (TPSA) is 117 Å². The van der Waals surface area contributed by atoms with E-state index in [1.54, 1.807) is 4.90 Å². The lowest BCUT2D eigenvalue weighted by Gasteiger charge is -2.37. The number of hydrogen-bond acceptors (Lipinski definition) is 8. The third-order valence-electron chi connectivity index (χ3n) is 4.65. The van der Waals surface area contributed by atoms with E-state index in [1.807, 2.05) is 24.9 Å². The average molecular weight is 401 g/mol. The van der Waals surface area contributed by atoms with E-state index in [-0.39, 0.29) is 23.5 Å². The van der Waals surface area contributed by atoms with Crippen LogP contribution in [0.3, 0.4) is 0 Å². The fourth-order valence-corrected chi connectivity index (χ4v) is 3.80. The van der Waals surface area contributed by atoms with E-state index in [1.165, 1.54) is 23.8 Å². The minimum Gasteiger partial charge on any atom is -0.364 e. The van der Waals surface area contributed by atoms with E-state index < -0.39 is 5.91 Å². The molecule has 3 heterocycles. The molecule has 3 rings (SSSR count). The molecule has 1 aliphatic rings. The van der Waals surface area contributed by atoms with Crippen LogP contribution in [0, 0.1) is 6.92 Å². The van der Waals surface area contributed by atoms with Gasteiger partial charge < -0.3 is 20.9 Å². The van der Waals surface area contributed by atoms with Crippen molar-refractivity contribution in [3.63, 3.8) is 0 Å². The van der Waals surface area contributed by atoms with Gasteiger partial charge in [0.05, 0.1) is 11.9 Å². The Balaban J connectivity index is 1.84. The molecular formula is C18H23N7O2S. The van der Waals surface area contributed by atoms with Crippen LogP contribution >= 0.6 is 11.5 Å². The number of amides is 2. The van der Waals surface area contributed by atoms with E-state index in [2.05, 4.69) is 26.2 Å². The number of carbonyl (C=O) groups excluding carboxylic acids is 2. The Morgan fingerprint density at radius 1 is 1.50 bits per heavy atom. The van der Waals surface area contributed by atoms with E-state index in [0.29, 0.717) is 12.4 Å². The summed E-state index contributed by atoms with van der Waals surface area (Å²) in [6.07, 6.45) is 4.68. The normalized spacial score (nSPS) is 16.5. The first-order chi connectivity index (χ1) is 13.4. The Bertz CT molecular complexity index is 898. The van der Waals surface area contributed by atoms with Crippen LogP contribution in [-0.4, -0.2) is 57.2 Å². The third-order valence-corrected chi connectivity index (χ3v) is 5.45. The molecule has 2 aromatic heterocycles. The fourth-order valence-electron chi connectivity index (χ4n) is 3.14. The van der Waals surface area contributed by atoms with Gasteiger partial charge in [0.25, 0.3) is 5.91 Å². The molecule has 0 aromatic carbocycles. The molecule has 0 spiro atoms. The van der Waals surface area contributed by atoms with Crippen LogP contribution in [0.1, 0.15) is 29.0 Å². The predicted octanol–water partition coefficient (Wildman–Crippen LogP) is 1.70. The first-order valence-corrected chi connectivity index (χ1v) is 9.67. The highest BCUT2D eigenvalue weighted by Crippen LogP contribution is 2.26. The molecule has 28 heavy (non-hydrogen) atoms. The summed E-state index contributed by atoms with van der Waals surface area (Å²) in [5, 5.41) is 3.83. The maximum atomic E-state index is 11.9. The Kier molecular flexibility index (Phi) is 5.88. The number of likely N-dealkylation sites (N-methyl/N-ethyl adjacent to an activating group) is 1. The highest BCUT2D eigenvalue weighted by Gasteiger charge is 2.27. The van der Waals surface area contributed by atoms with Crippen molar-refractivity contribution >= 4 is 40.0 Å². The molecule has 2 amide bonds. The van der Waals surface area contributed by atoms with Crippen molar-refractivity contribution in [1.82, 2.24) is 19.2 Å². The molecular weight excluding hydrogens is 378 g/mol. The SMILES string of the molecule is C=CC(=O)N1CCC[C@@H](N(C)c2cnc(C(N)=O)c(Nc3cc(C)ns3)n2)C1. The van der Waals surface area contributed by atoms with Crippen molar-refractivity contribution in [1.29, 1.82) is 0 Å². The Labute approximate surface area is 167 Å². The molecule has 0 bridgehead atoms. The van der Waals surface area contributed by atoms with Crippen LogP contribution in [0.15, 0.2) is 24.9 Å². The van der Waals surface area contributed by atoms with Gasteiger partial charge in [-0.3, -0.25) is 9.59 Å². The number of piperidine rings is 1. The molecule has 9 nitrogen and oxygen atoms in total. The monoisotopic (exact) mass is 401 g/mol. The number of aromatic nitrogens is 3. The van der Waals surface area contributed by atoms with Gasteiger partial charge in [0.1, 0.15) is 10.8 Å². The van der Waals surface area contributed by atoms with E-state index in [0.717, 1.165) is 30.1 Å². The molecule has 1 saturated heterocycles. The molecule has 1 aliphatic heterocycles. The predicted molar refractivity (Wildman–Crippen MR) is 109 cm³/mol. The molecule has 1 fully saturated rings. The maximum Gasteiger partial charge on any atom is 0.271 e. The van der Waals surface area contributed by atoms with Crippen molar-refractivity contribution in [3.8, 4) is 0 Å². The van der Waals surface area contributed by atoms with E-state index in [9.17, 15) is 9.59 Å². The fraction of sp³-hybridized carbons (Fsp3) is 0.389. The number of rotatable bonds is 6. The zero-order chi connectivity index (χ0) is 20.3. The zero-order valence-corrected chi connectivity index (χ0v) is 16.7. The Hall–Kier alpha value is -3.01. The second-order valence-corrected chi connectivity index (χ2v) is 7.45. The minimum atomic E-state index is -0.661. The van der Waals surface area contributed by atoms with Crippen LogP contribution < -0.4 is 16.0 Å². The minimum absolute atomic E-state index is 0.0651. The van der Waals surface area contributed by atoms with Crippen molar-refractivity contribution < 1.29 is 9.59 Å². The second-order valence-electron chi connectivity index (χ2n) is 6.64. The highest BCUT2D eigenvalue weighted by molar-refractivity contribution is 7.10. The first-order valence-electron chi connectivity index (χ1n) is 8.90. The molecule has 0 unspecified atom stereocenters. The van der Waals surface area contributed by atoms with E-state index in [4.69, 9.17) is 5.73 Å². The van der Waals surface area contributed by atoms with Gasteiger partial charge in [0.15, 0.2) is 11.5 Å². The summed E-state index contributed by atoms with van der Waals surface area (Å²) in [5.74, 6) is 0.143. The number of aryl methyl sites for hydroxylation is 1. The highest BCUT2D eigenvalue weighted by atomic mass is 32.1. The van der Waals surface area contributed by atoms with Crippen molar-refractivity contribution in [2.75, 3.05) is 30.4 Å². The van der Waals surface area contributed by atoms with Crippen LogP contribution in [0.4, 0.5) is 16.6 Å². The molecule has 10 heteroatoms. The van der Waals surface area contributed by atoms with Crippen LogP contribution in [-0.2, 0) is 4.79 Å². The van der Waals surface area contributed by atoms with Gasteiger partial charge >= 0.3 is 0 Å². The van der Waals surface area contributed by atoms with Crippen molar-refractivity contribution in [2.45, 2.75) is 25.8 Å². The number of nitrogens with two attached hydrogens (primary N) is 1. The average Bonchev–Trinajstić information content (AvgIpc) is 3.11. The van der Waals surface area contributed by atoms with Crippen molar-refractivity contribution in [3.05, 3.63) is 36.3 Å². The second kappa shape index (κ2) is 8.34. The summed E-state index contributed by atoms with van der Waals surface area (Å²) in [6, 6.07) is 1.94. The van der Waals surface area contributed by atoms with Crippen LogP contribution in [0.25, 0.3) is 0 Å². The standard InChI is InChI=1S/C18H23N7O2S/c1-4-15(26)25-7-5-6-12(10-25)24(3)13-9-20-16(17(19)27)18(21-13)22-14-8-11(2)23-28-14/h4,8-9,12H,1,5-7,10H2,2-3H3,(H2,19,27)(H,21,22)/t12-/m1/s1. The number of carbonyl (C=O) groups is 2. The largest absolute Gasteiger partial charge is 0.364 e. The summed E-state index contributed by atoms with van der Waals surface area (Å²) in [4.78, 5) is 36.2.